The molecule has 0 aromatic heterocycles. The summed E-state index contributed by atoms with van der Waals surface area (Å²) in [4.78, 5) is 0. The molecular formula is C13H6F2NO2. The Morgan fingerprint density at radius 1 is 1.11 bits per heavy atom. The average Bonchev–Trinajstić information content (AvgIpc) is 2.40. The zero-order chi connectivity index (χ0) is 13.1. The van der Waals surface area contributed by atoms with Crippen molar-refractivity contribution in [3.8, 4) is 23.3 Å². The van der Waals surface area contributed by atoms with E-state index in [-0.39, 0.29) is 5.75 Å². The number of benzene rings is 2. The Kier molecular flexibility index (Phi) is 3.11. The number of rotatable bonds is 2. The van der Waals surface area contributed by atoms with Crippen LogP contribution >= 0.6 is 0 Å². The third-order valence-corrected chi connectivity index (χ3v) is 2.20. The molecular weight excluding hydrogens is 240 g/mol. The van der Waals surface area contributed by atoms with Gasteiger partial charge in [0.15, 0.2) is 5.75 Å². The van der Waals surface area contributed by atoms with E-state index < -0.39 is 23.1 Å². The molecule has 0 N–H and O–H groups in total. The van der Waals surface area contributed by atoms with Crippen molar-refractivity contribution >= 4 is 0 Å². The summed E-state index contributed by atoms with van der Waals surface area (Å²) >= 11 is 0. The van der Waals surface area contributed by atoms with Gasteiger partial charge in [-0.15, -0.1) is 0 Å². The molecule has 3 nitrogen and oxygen atoms in total. The molecule has 1 radical (unpaired) electrons. The maximum absolute atomic E-state index is 13.4. The minimum absolute atomic E-state index is 0.186. The summed E-state index contributed by atoms with van der Waals surface area (Å²) in [5.74, 6) is -4.08. The van der Waals surface area contributed by atoms with Crippen LogP contribution in [0.15, 0.2) is 36.4 Å². The first-order valence-electron chi connectivity index (χ1n) is 4.95. The standard InChI is InChI=1S/C13H6F2NO2/c14-12-10(17)4-5-11(13(12)15)18-9-3-1-2-8(6-9)7-16/h1-6H. The van der Waals surface area contributed by atoms with Gasteiger partial charge in [0.2, 0.25) is 17.4 Å². The minimum Gasteiger partial charge on any atom is -0.454 e. The second-order valence-electron chi connectivity index (χ2n) is 3.43. The fraction of sp³-hybridized carbons (Fsp3) is 0. The molecule has 5 heteroatoms. The smallest absolute Gasteiger partial charge is 0.217 e. The highest BCUT2D eigenvalue weighted by atomic mass is 19.2. The Morgan fingerprint density at radius 3 is 2.61 bits per heavy atom. The van der Waals surface area contributed by atoms with Crippen LogP contribution in [0.25, 0.3) is 0 Å². The Bertz CT molecular complexity index is 635. The molecule has 2 aromatic carbocycles. The van der Waals surface area contributed by atoms with Crippen molar-refractivity contribution in [2.45, 2.75) is 0 Å². The first-order valence-corrected chi connectivity index (χ1v) is 4.95. The summed E-state index contributed by atoms with van der Waals surface area (Å²) in [6, 6.07) is 9.77. The van der Waals surface area contributed by atoms with Gasteiger partial charge in [-0.3, -0.25) is 5.11 Å². The minimum atomic E-state index is -1.48. The lowest BCUT2D eigenvalue weighted by atomic mass is 10.2. The van der Waals surface area contributed by atoms with Gasteiger partial charge in [0, 0.05) is 0 Å². The van der Waals surface area contributed by atoms with E-state index in [1.807, 2.05) is 6.07 Å². The van der Waals surface area contributed by atoms with Gasteiger partial charge in [0.25, 0.3) is 0 Å². The molecule has 0 aliphatic rings. The maximum Gasteiger partial charge on any atom is 0.217 e. The van der Waals surface area contributed by atoms with E-state index in [1.165, 1.54) is 12.1 Å². The van der Waals surface area contributed by atoms with E-state index in [4.69, 9.17) is 10.00 Å². The quantitative estimate of drug-likeness (QED) is 0.809. The highest BCUT2D eigenvalue weighted by molar-refractivity contribution is 5.41. The molecule has 2 aromatic rings. The molecule has 0 unspecified atom stereocenters. The van der Waals surface area contributed by atoms with E-state index in [9.17, 15) is 13.9 Å². The number of hydrogen-bond donors (Lipinski definition) is 0. The number of ether oxygens (including phenoxy) is 1. The predicted octanol–water partition coefficient (Wildman–Crippen LogP) is 3.77. The SMILES string of the molecule is N#Cc1cccc(Oc2ccc([O])c(F)c2F)c1. The molecule has 0 saturated heterocycles. The van der Waals surface area contributed by atoms with Crippen LogP contribution in [0, 0.1) is 23.0 Å². The lowest BCUT2D eigenvalue weighted by Crippen LogP contribution is -1.92. The summed E-state index contributed by atoms with van der Waals surface area (Å²) in [6.07, 6.45) is 0. The average molecular weight is 246 g/mol. The molecule has 0 bridgehead atoms. The Balaban J connectivity index is 2.35. The Labute approximate surface area is 101 Å². The normalized spacial score (nSPS) is 9.83. The highest BCUT2D eigenvalue weighted by Gasteiger charge is 2.15. The van der Waals surface area contributed by atoms with Gasteiger partial charge in [0.1, 0.15) is 5.75 Å². The monoisotopic (exact) mass is 246 g/mol. The molecule has 0 heterocycles. The zero-order valence-corrected chi connectivity index (χ0v) is 8.98. The first kappa shape index (κ1) is 11.9. The maximum atomic E-state index is 13.4. The zero-order valence-electron chi connectivity index (χ0n) is 8.98. The summed E-state index contributed by atoms with van der Waals surface area (Å²) in [5, 5.41) is 19.5. The molecule has 0 atom stereocenters. The molecule has 0 spiro atoms. The van der Waals surface area contributed by atoms with Crippen molar-refractivity contribution in [1.82, 2.24) is 0 Å². The van der Waals surface area contributed by atoms with Gasteiger partial charge in [-0.05, 0) is 30.3 Å². The number of nitriles is 1. The van der Waals surface area contributed by atoms with Crippen LogP contribution in [0.2, 0.25) is 0 Å². The van der Waals surface area contributed by atoms with Crippen LogP contribution in [0.3, 0.4) is 0 Å². The van der Waals surface area contributed by atoms with Crippen LogP contribution in [-0.4, -0.2) is 0 Å². The number of hydrogen-bond acceptors (Lipinski definition) is 2. The summed E-state index contributed by atoms with van der Waals surface area (Å²) in [5.41, 5.74) is 0.328. The first-order chi connectivity index (χ1) is 8.61. The summed E-state index contributed by atoms with van der Waals surface area (Å²) in [7, 11) is 0. The van der Waals surface area contributed by atoms with E-state index in [0.29, 0.717) is 5.56 Å². The molecule has 0 saturated carbocycles. The largest absolute Gasteiger partial charge is 0.454 e. The van der Waals surface area contributed by atoms with Gasteiger partial charge in [-0.2, -0.15) is 14.0 Å². The molecule has 18 heavy (non-hydrogen) atoms. The second-order valence-corrected chi connectivity index (χ2v) is 3.43. The van der Waals surface area contributed by atoms with Gasteiger partial charge in [-0.1, -0.05) is 6.07 Å². The lowest BCUT2D eigenvalue weighted by molar-refractivity contribution is 0.314. The Hall–Kier alpha value is -2.61. The van der Waals surface area contributed by atoms with Gasteiger partial charge in [-0.25, -0.2) is 0 Å². The van der Waals surface area contributed by atoms with Crippen molar-refractivity contribution in [3.63, 3.8) is 0 Å². The van der Waals surface area contributed by atoms with Crippen LogP contribution < -0.4 is 4.74 Å². The highest BCUT2D eigenvalue weighted by Crippen LogP contribution is 2.30. The van der Waals surface area contributed by atoms with E-state index in [0.717, 1.165) is 12.1 Å². The summed E-state index contributed by atoms with van der Waals surface area (Å²) < 4.78 is 31.5. The molecule has 0 fully saturated rings. The predicted molar refractivity (Wildman–Crippen MR) is 57.7 cm³/mol. The van der Waals surface area contributed by atoms with Crippen LogP contribution in [-0.2, 0) is 5.11 Å². The van der Waals surface area contributed by atoms with Crippen LogP contribution in [0.4, 0.5) is 8.78 Å². The van der Waals surface area contributed by atoms with E-state index >= 15 is 0 Å². The van der Waals surface area contributed by atoms with Crippen molar-refractivity contribution in [3.05, 3.63) is 53.6 Å². The molecule has 2 rings (SSSR count). The van der Waals surface area contributed by atoms with Crippen LogP contribution in [0.1, 0.15) is 5.56 Å². The third-order valence-electron chi connectivity index (χ3n) is 2.20. The number of nitrogens with zero attached hydrogens (tertiary/aromatic N) is 1. The molecule has 0 aliphatic carbocycles. The fourth-order valence-corrected chi connectivity index (χ4v) is 1.35. The van der Waals surface area contributed by atoms with Crippen molar-refractivity contribution in [2.24, 2.45) is 0 Å². The van der Waals surface area contributed by atoms with Crippen LogP contribution in [0.5, 0.6) is 17.2 Å². The Morgan fingerprint density at radius 2 is 1.89 bits per heavy atom. The molecule has 0 amide bonds. The van der Waals surface area contributed by atoms with Gasteiger partial charge < -0.3 is 4.74 Å². The third kappa shape index (κ3) is 2.23. The summed E-state index contributed by atoms with van der Waals surface area (Å²) in [6.45, 7) is 0. The van der Waals surface area contributed by atoms with Crippen molar-refractivity contribution in [1.29, 1.82) is 5.26 Å². The number of halogens is 2. The van der Waals surface area contributed by atoms with Crippen molar-refractivity contribution in [2.75, 3.05) is 0 Å². The van der Waals surface area contributed by atoms with Crippen molar-refractivity contribution < 1.29 is 18.6 Å². The fourth-order valence-electron chi connectivity index (χ4n) is 1.35. The van der Waals surface area contributed by atoms with E-state index in [2.05, 4.69) is 0 Å². The molecule has 89 valence electrons. The second kappa shape index (κ2) is 4.72. The van der Waals surface area contributed by atoms with E-state index in [1.54, 1.807) is 12.1 Å². The van der Waals surface area contributed by atoms with Gasteiger partial charge >= 0.3 is 0 Å². The topological polar surface area (TPSA) is 52.9 Å². The lowest BCUT2D eigenvalue weighted by Gasteiger charge is -2.07. The molecule has 0 aliphatic heterocycles. The van der Waals surface area contributed by atoms with Gasteiger partial charge in [0.05, 0.1) is 11.6 Å².